The molecule has 0 saturated carbocycles. The van der Waals surface area contributed by atoms with Crippen molar-refractivity contribution in [2.24, 2.45) is 0 Å². The number of ether oxygens (including phenoxy) is 1. The highest BCUT2D eigenvalue weighted by molar-refractivity contribution is 7.99. The number of aromatic nitrogens is 2. The average Bonchev–Trinajstić information content (AvgIpc) is 3.31. The molecule has 26 heavy (non-hydrogen) atoms. The molecule has 0 bridgehead atoms. The van der Waals surface area contributed by atoms with Crippen LogP contribution in [0.15, 0.2) is 28.9 Å². The van der Waals surface area contributed by atoms with Crippen molar-refractivity contribution in [3.05, 3.63) is 30.2 Å². The van der Waals surface area contributed by atoms with E-state index < -0.39 is 0 Å². The van der Waals surface area contributed by atoms with Crippen molar-refractivity contribution < 1.29 is 13.9 Å². The van der Waals surface area contributed by atoms with Gasteiger partial charge in [-0.25, -0.2) is 0 Å². The van der Waals surface area contributed by atoms with Gasteiger partial charge in [0, 0.05) is 38.0 Å². The first kappa shape index (κ1) is 17.6. The topological polar surface area (TPSA) is 74.6 Å². The molecule has 2 aliphatic rings. The first-order valence-corrected chi connectivity index (χ1v) is 10.2. The van der Waals surface area contributed by atoms with Gasteiger partial charge in [-0.1, -0.05) is 0 Å². The van der Waals surface area contributed by atoms with Crippen LogP contribution < -0.4 is 0 Å². The molecule has 1 unspecified atom stereocenters. The van der Waals surface area contributed by atoms with Gasteiger partial charge in [-0.2, -0.15) is 16.9 Å². The average molecular weight is 376 g/mol. The first-order valence-electron chi connectivity index (χ1n) is 9.09. The summed E-state index contributed by atoms with van der Waals surface area (Å²) < 4.78 is 10.8. The maximum Gasteiger partial charge on any atom is 0.274 e. The second kappa shape index (κ2) is 8.28. The molecule has 0 aliphatic carbocycles. The molecule has 1 N–H and O–H groups in total. The number of morpholine rings is 1. The second-order valence-electron chi connectivity index (χ2n) is 6.64. The predicted octanol–water partition coefficient (Wildman–Crippen LogP) is 1.95. The van der Waals surface area contributed by atoms with Crippen LogP contribution in [0, 0.1) is 0 Å². The standard InChI is InChI=1S/C18H24N4O3S/c23-18(16-11-15(19-20-16)17-3-1-7-25-17)22-4-2-10-26-13-14(22)12-21-5-8-24-9-6-21/h1,3,7,11,14H,2,4-6,8-10,12-13H2,(H,19,20). The molecule has 7 nitrogen and oxygen atoms in total. The Morgan fingerprint density at radius 2 is 2.23 bits per heavy atom. The third-order valence-corrected chi connectivity index (χ3v) is 6.05. The number of carbonyl (C=O) groups excluding carboxylic acids is 1. The molecule has 1 amide bonds. The van der Waals surface area contributed by atoms with Crippen molar-refractivity contribution in [2.75, 3.05) is 50.9 Å². The fourth-order valence-electron chi connectivity index (χ4n) is 3.47. The van der Waals surface area contributed by atoms with Crippen LogP contribution in [0.25, 0.3) is 11.5 Å². The Morgan fingerprint density at radius 1 is 1.35 bits per heavy atom. The summed E-state index contributed by atoms with van der Waals surface area (Å²) >= 11 is 1.94. The number of nitrogens with zero attached hydrogens (tertiary/aromatic N) is 3. The molecule has 4 heterocycles. The van der Waals surface area contributed by atoms with E-state index in [9.17, 15) is 4.79 Å². The normalized spacial score (nSPS) is 22.3. The molecular weight excluding hydrogens is 352 g/mol. The number of nitrogens with one attached hydrogen (secondary N) is 1. The smallest absolute Gasteiger partial charge is 0.274 e. The second-order valence-corrected chi connectivity index (χ2v) is 7.79. The molecule has 2 saturated heterocycles. The summed E-state index contributed by atoms with van der Waals surface area (Å²) in [6, 6.07) is 5.66. The third-order valence-electron chi connectivity index (χ3n) is 4.86. The van der Waals surface area contributed by atoms with E-state index in [1.165, 1.54) is 0 Å². The van der Waals surface area contributed by atoms with Crippen molar-refractivity contribution >= 4 is 17.7 Å². The maximum absolute atomic E-state index is 13.1. The Kier molecular flexibility index (Phi) is 5.62. The number of hydrogen-bond donors (Lipinski definition) is 1. The van der Waals surface area contributed by atoms with Crippen molar-refractivity contribution in [3.8, 4) is 11.5 Å². The summed E-state index contributed by atoms with van der Waals surface area (Å²) in [5, 5.41) is 7.16. The summed E-state index contributed by atoms with van der Waals surface area (Å²) in [5.41, 5.74) is 1.18. The van der Waals surface area contributed by atoms with E-state index in [1.54, 1.807) is 12.3 Å². The van der Waals surface area contributed by atoms with Crippen LogP contribution >= 0.6 is 11.8 Å². The van der Waals surface area contributed by atoms with Crippen LogP contribution in [-0.4, -0.2) is 82.8 Å². The van der Waals surface area contributed by atoms with E-state index in [2.05, 4.69) is 15.1 Å². The zero-order chi connectivity index (χ0) is 17.8. The number of aromatic amines is 1. The molecule has 2 aromatic rings. The lowest BCUT2D eigenvalue weighted by Gasteiger charge is -2.35. The number of rotatable bonds is 4. The van der Waals surface area contributed by atoms with Crippen molar-refractivity contribution in [1.82, 2.24) is 20.0 Å². The minimum Gasteiger partial charge on any atom is -0.463 e. The third kappa shape index (κ3) is 3.97. The lowest BCUT2D eigenvalue weighted by Crippen LogP contribution is -2.50. The molecule has 0 radical (unpaired) electrons. The molecule has 0 spiro atoms. The fraction of sp³-hybridized carbons (Fsp3) is 0.556. The largest absolute Gasteiger partial charge is 0.463 e. The van der Waals surface area contributed by atoms with Gasteiger partial charge in [-0.15, -0.1) is 0 Å². The summed E-state index contributed by atoms with van der Waals surface area (Å²) in [4.78, 5) is 17.6. The van der Waals surface area contributed by atoms with Gasteiger partial charge in [-0.05, 0) is 24.3 Å². The van der Waals surface area contributed by atoms with E-state index in [0.717, 1.165) is 63.0 Å². The molecule has 2 aliphatic heterocycles. The van der Waals surface area contributed by atoms with Crippen molar-refractivity contribution in [1.29, 1.82) is 0 Å². The zero-order valence-corrected chi connectivity index (χ0v) is 15.5. The molecular formula is C18H24N4O3S. The number of hydrogen-bond acceptors (Lipinski definition) is 6. The molecule has 0 aromatic carbocycles. The molecule has 1 atom stereocenters. The van der Waals surface area contributed by atoms with Crippen LogP contribution in [0.5, 0.6) is 0 Å². The van der Waals surface area contributed by atoms with Crippen molar-refractivity contribution in [2.45, 2.75) is 12.5 Å². The van der Waals surface area contributed by atoms with E-state index in [1.807, 2.05) is 28.8 Å². The molecule has 140 valence electrons. The van der Waals surface area contributed by atoms with Gasteiger partial charge >= 0.3 is 0 Å². The lowest BCUT2D eigenvalue weighted by atomic mass is 10.2. The van der Waals surface area contributed by atoms with Crippen molar-refractivity contribution in [3.63, 3.8) is 0 Å². The van der Waals surface area contributed by atoms with E-state index in [4.69, 9.17) is 9.15 Å². The molecule has 4 rings (SSSR count). The number of carbonyl (C=O) groups is 1. The summed E-state index contributed by atoms with van der Waals surface area (Å²) in [6.45, 7) is 5.11. The Balaban J connectivity index is 1.49. The molecule has 2 fully saturated rings. The van der Waals surface area contributed by atoms with Gasteiger partial charge in [0.1, 0.15) is 5.69 Å². The van der Waals surface area contributed by atoms with Crippen LogP contribution in [0.2, 0.25) is 0 Å². The number of thioether (sulfide) groups is 1. The minimum atomic E-state index is -0.000171. The maximum atomic E-state index is 13.1. The Hall–Kier alpha value is -1.77. The van der Waals surface area contributed by atoms with Crippen LogP contribution in [0.3, 0.4) is 0 Å². The summed E-state index contributed by atoms with van der Waals surface area (Å²) in [7, 11) is 0. The highest BCUT2D eigenvalue weighted by atomic mass is 32.2. The minimum absolute atomic E-state index is 0.000171. The summed E-state index contributed by atoms with van der Waals surface area (Å²) in [6.07, 6.45) is 2.63. The first-order chi connectivity index (χ1) is 12.8. The van der Waals surface area contributed by atoms with Crippen LogP contribution in [-0.2, 0) is 4.74 Å². The van der Waals surface area contributed by atoms with Gasteiger partial charge in [0.05, 0.1) is 25.5 Å². The Morgan fingerprint density at radius 3 is 3.04 bits per heavy atom. The van der Waals surface area contributed by atoms with Crippen LogP contribution in [0.1, 0.15) is 16.9 Å². The molecule has 8 heteroatoms. The highest BCUT2D eigenvalue weighted by Crippen LogP contribution is 2.22. The number of furan rings is 1. The number of H-pyrrole nitrogens is 1. The van der Waals surface area contributed by atoms with Gasteiger partial charge < -0.3 is 14.1 Å². The SMILES string of the molecule is O=C(c1cc(-c2ccco2)[nH]n1)N1CCCSCC1CN1CCOCC1. The van der Waals surface area contributed by atoms with Gasteiger partial charge in [-0.3, -0.25) is 14.8 Å². The lowest BCUT2D eigenvalue weighted by molar-refractivity contribution is 0.0244. The molecule has 2 aromatic heterocycles. The zero-order valence-electron chi connectivity index (χ0n) is 14.7. The van der Waals surface area contributed by atoms with Crippen LogP contribution in [0.4, 0.5) is 0 Å². The Bertz CT molecular complexity index is 712. The fourth-order valence-corrected chi connectivity index (χ4v) is 4.52. The van der Waals surface area contributed by atoms with E-state index in [-0.39, 0.29) is 11.9 Å². The van der Waals surface area contributed by atoms with Gasteiger partial charge in [0.25, 0.3) is 5.91 Å². The highest BCUT2D eigenvalue weighted by Gasteiger charge is 2.30. The monoisotopic (exact) mass is 376 g/mol. The van der Waals surface area contributed by atoms with E-state index in [0.29, 0.717) is 11.5 Å². The van der Waals surface area contributed by atoms with Gasteiger partial charge in [0.15, 0.2) is 11.5 Å². The summed E-state index contributed by atoms with van der Waals surface area (Å²) in [5.74, 6) is 2.76. The predicted molar refractivity (Wildman–Crippen MR) is 100 cm³/mol. The quantitative estimate of drug-likeness (QED) is 0.879. The van der Waals surface area contributed by atoms with Gasteiger partial charge in [0.2, 0.25) is 0 Å². The Labute approximate surface area is 157 Å². The number of amides is 1. The van der Waals surface area contributed by atoms with E-state index >= 15 is 0 Å².